The maximum Gasteiger partial charge on any atom is 0.243 e. The molecule has 0 unspecified atom stereocenters. The summed E-state index contributed by atoms with van der Waals surface area (Å²) in [7, 11) is -3.56. The van der Waals surface area contributed by atoms with Gasteiger partial charge in [0.25, 0.3) is 0 Å². The first kappa shape index (κ1) is 15.6. The first-order valence-corrected chi connectivity index (χ1v) is 8.13. The number of pyridine rings is 1. The molecule has 2 aromatic heterocycles. The summed E-state index contributed by atoms with van der Waals surface area (Å²) < 4.78 is 28.2. The van der Waals surface area contributed by atoms with E-state index in [1.54, 1.807) is 6.20 Å². The topological polar surface area (TPSA) is 97.1 Å². The molecule has 7 nitrogen and oxygen atoms in total. The lowest BCUT2D eigenvalue weighted by molar-refractivity contribution is 0.277. The SMILES string of the molecule is O=S(=O)(NCCc1ccccn1)c1cnn(CCCO)c1. The summed E-state index contributed by atoms with van der Waals surface area (Å²) in [6, 6.07) is 5.53. The van der Waals surface area contributed by atoms with E-state index in [-0.39, 0.29) is 18.0 Å². The van der Waals surface area contributed by atoms with Crippen molar-refractivity contribution < 1.29 is 13.5 Å². The smallest absolute Gasteiger partial charge is 0.243 e. The van der Waals surface area contributed by atoms with Gasteiger partial charge in [-0.05, 0) is 18.6 Å². The molecule has 8 heteroatoms. The highest BCUT2D eigenvalue weighted by molar-refractivity contribution is 7.89. The van der Waals surface area contributed by atoms with Crippen LogP contribution in [0.25, 0.3) is 0 Å². The van der Waals surface area contributed by atoms with Gasteiger partial charge < -0.3 is 5.11 Å². The average Bonchev–Trinajstić information content (AvgIpc) is 2.96. The van der Waals surface area contributed by atoms with Crippen molar-refractivity contribution >= 4 is 10.0 Å². The zero-order valence-electron chi connectivity index (χ0n) is 11.5. The third kappa shape index (κ3) is 4.62. The normalized spacial score (nSPS) is 11.7. The molecular formula is C13H18N4O3S. The number of nitrogens with zero attached hydrogens (tertiary/aromatic N) is 3. The number of hydrogen-bond donors (Lipinski definition) is 2. The lowest BCUT2D eigenvalue weighted by Gasteiger charge is -2.04. The molecule has 21 heavy (non-hydrogen) atoms. The summed E-state index contributed by atoms with van der Waals surface area (Å²) in [5, 5.41) is 12.7. The van der Waals surface area contributed by atoms with Crippen LogP contribution in [0.2, 0.25) is 0 Å². The molecule has 0 aliphatic heterocycles. The second-order valence-electron chi connectivity index (χ2n) is 4.49. The highest BCUT2D eigenvalue weighted by Gasteiger charge is 2.15. The van der Waals surface area contributed by atoms with Gasteiger partial charge in [0, 0.05) is 44.2 Å². The van der Waals surface area contributed by atoms with Crippen LogP contribution in [0.3, 0.4) is 0 Å². The second-order valence-corrected chi connectivity index (χ2v) is 6.25. The van der Waals surface area contributed by atoms with Crippen LogP contribution in [0.15, 0.2) is 41.7 Å². The number of aliphatic hydroxyl groups excluding tert-OH is 1. The Morgan fingerprint density at radius 2 is 2.19 bits per heavy atom. The van der Waals surface area contributed by atoms with Crippen molar-refractivity contribution in [2.24, 2.45) is 0 Å². The summed E-state index contributed by atoms with van der Waals surface area (Å²) >= 11 is 0. The minimum Gasteiger partial charge on any atom is -0.396 e. The van der Waals surface area contributed by atoms with Crippen LogP contribution in [0.1, 0.15) is 12.1 Å². The molecule has 0 aliphatic rings. The quantitative estimate of drug-likeness (QED) is 0.725. The molecule has 2 N–H and O–H groups in total. The summed E-state index contributed by atoms with van der Waals surface area (Å²) in [5.41, 5.74) is 0.832. The number of aryl methyl sites for hydroxylation is 1. The predicted octanol–water partition coefficient (Wildman–Crippen LogP) is 0.181. The van der Waals surface area contributed by atoms with E-state index in [1.165, 1.54) is 17.1 Å². The van der Waals surface area contributed by atoms with Gasteiger partial charge in [0.15, 0.2) is 0 Å². The number of aromatic nitrogens is 3. The largest absolute Gasteiger partial charge is 0.396 e. The Morgan fingerprint density at radius 3 is 2.90 bits per heavy atom. The van der Waals surface area contributed by atoms with Gasteiger partial charge in [0.2, 0.25) is 10.0 Å². The Balaban J connectivity index is 1.90. The fourth-order valence-electron chi connectivity index (χ4n) is 1.78. The minimum absolute atomic E-state index is 0.0459. The van der Waals surface area contributed by atoms with E-state index in [4.69, 9.17) is 5.11 Å². The predicted molar refractivity (Wildman–Crippen MR) is 77.1 cm³/mol. The Kier molecular flexibility index (Phi) is 5.43. The lowest BCUT2D eigenvalue weighted by atomic mass is 10.3. The van der Waals surface area contributed by atoms with Crippen LogP contribution in [0, 0.1) is 0 Å². The summed E-state index contributed by atoms with van der Waals surface area (Å²) in [6.45, 7) is 0.811. The molecule has 0 saturated carbocycles. The van der Waals surface area contributed by atoms with E-state index in [0.717, 1.165) is 5.69 Å². The Hall–Kier alpha value is -1.77. The Bertz CT molecular complexity index is 655. The van der Waals surface area contributed by atoms with Gasteiger partial charge in [-0.1, -0.05) is 6.07 Å². The summed E-state index contributed by atoms with van der Waals surface area (Å²) in [6.07, 6.45) is 5.50. The zero-order valence-corrected chi connectivity index (χ0v) is 12.3. The number of hydrogen-bond acceptors (Lipinski definition) is 5. The van der Waals surface area contributed by atoms with Crippen LogP contribution in [0.4, 0.5) is 0 Å². The van der Waals surface area contributed by atoms with Crippen molar-refractivity contribution in [3.05, 3.63) is 42.5 Å². The molecular weight excluding hydrogens is 292 g/mol. The molecule has 2 rings (SSSR count). The molecule has 0 aromatic carbocycles. The van der Waals surface area contributed by atoms with Crippen molar-refractivity contribution in [1.82, 2.24) is 19.5 Å². The molecule has 0 saturated heterocycles. The van der Waals surface area contributed by atoms with Crippen molar-refractivity contribution in [3.8, 4) is 0 Å². The van der Waals surface area contributed by atoms with Crippen molar-refractivity contribution in [2.75, 3.05) is 13.2 Å². The highest BCUT2D eigenvalue weighted by Crippen LogP contribution is 2.07. The molecule has 0 radical (unpaired) electrons. The van der Waals surface area contributed by atoms with Crippen molar-refractivity contribution in [1.29, 1.82) is 0 Å². The molecule has 0 fully saturated rings. The van der Waals surface area contributed by atoms with E-state index < -0.39 is 10.0 Å². The first-order valence-electron chi connectivity index (χ1n) is 6.65. The molecule has 0 amide bonds. The van der Waals surface area contributed by atoms with Crippen LogP contribution in [-0.2, 0) is 23.0 Å². The monoisotopic (exact) mass is 310 g/mol. The fourth-order valence-corrected chi connectivity index (χ4v) is 2.76. The van der Waals surface area contributed by atoms with Gasteiger partial charge in [-0.15, -0.1) is 0 Å². The number of aliphatic hydroxyl groups is 1. The molecule has 2 heterocycles. The van der Waals surface area contributed by atoms with E-state index in [0.29, 0.717) is 19.4 Å². The molecule has 0 spiro atoms. The van der Waals surface area contributed by atoms with Crippen molar-refractivity contribution in [3.63, 3.8) is 0 Å². The maximum absolute atomic E-state index is 12.1. The standard InChI is InChI=1S/C13H18N4O3S/c18-9-3-8-17-11-13(10-15-17)21(19,20)16-7-5-12-4-1-2-6-14-12/h1-2,4,6,10-11,16,18H,3,5,7-9H2. The lowest BCUT2D eigenvalue weighted by Crippen LogP contribution is -2.25. The number of nitrogens with one attached hydrogen (secondary N) is 1. The Labute approximate surface area is 123 Å². The molecule has 0 aliphatic carbocycles. The number of rotatable bonds is 8. The first-order chi connectivity index (χ1) is 10.1. The zero-order chi connectivity index (χ0) is 15.1. The van der Waals surface area contributed by atoms with Gasteiger partial charge in [-0.25, -0.2) is 13.1 Å². The number of sulfonamides is 1. The van der Waals surface area contributed by atoms with Crippen LogP contribution in [-0.4, -0.2) is 41.4 Å². The maximum atomic E-state index is 12.1. The van der Waals surface area contributed by atoms with Gasteiger partial charge in [-0.3, -0.25) is 9.67 Å². The van der Waals surface area contributed by atoms with Gasteiger partial charge in [0.05, 0.1) is 6.20 Å². The van der Waals surface area contributed by atoms with Gasteiger partial charge in [0.1, 0.15) is 4.90 Å². The van der Waals surface area contributed by atoms with Gasteiger partial charge in [-0.2, -0.15) is 5.10 Å². The van der Waals surface area contributed by atoms with E-state index >= 15 is 0 Å². The van der Waals surface area contributed by atoms with Crippen molar-refractivity contribution in [2.45, 2.75) is 24.3 Å². The summed E-state index contributed by atoms with van der Waals surface area (Å²) in [4.78, 5) is 4.26. The van der Waals surface area contributed by atoms with E-state index in [1.807, 2.05) is 18.2 Å². The van der Waals surface area contributed by atoms with E-state index in [9.17, 15) is 8.42 Å². The Morgan fingerprint density at radius 1 is 1.33 bits per heavy atom. The third-order valence-electron chi connectivity index (χ3n) is 2.86. The molecule has 0 bridgehead atoms. The highest BCUT2D eigenvalue weighted by atomic mass is 32.2. The third-order valence-corrected chi connectivity index (χ3v) is 4.28. The second kappa shape index (κ2) is 7.30. The molecule has 2 aromatic rings. The minimum atomic E-state index is -3.56. The average molecular weight is 310 g/mol. The fraction of sp³-hybridized carbons (Fsp3) is 0.385. The molecule has 114 valence electrons. The van der Waals surface area contributed by atoms with Gasteiger partial charge >= 0.3 is 0 Å². The van der Waals surface area contributed by atoms with E-state index in [2.05, 4.69) is 14.8 Å². The van der Waals surface area contributed by atoms with Crippen LogP contribution >= 0.6 is 0 Å². The summed E-state index contributed by atoms with van der Waals surface area (Å²) in [5.74, 6) is 0. The van der Waals surface area contributed by atoms with Crippen LogP contribution < -0.4 is 4.72 Å². The molecule has 0 atom stereocenters. The van der Waals surface area contributed by atoms with Crippen LogP contribution in [0.5, 0.6) is 0 Å².